The number of rotatable bonds is 14. The molecular formula is C35H38BrN3O5S. The zero-order valence-electron chi connectivity index (χ0n) is 25.6. The van der Waals surface area contributed by atoms with Crippen molar-refractivity contribution in [2.45, 2.75) is 44.2 Å². The molecule has 0 unspecified atom stereocenters. The number of sulfonamides is 1. The smallest absolute Gasteiger partial charge is 0.264 e. The van der Waals surface area contributed by atoms with Crippen LogP contribution in [0.5, 0.6) is 5.75 Å². The number of ether oxygens (including phenoxy) is 1. The predicted octanol–water partition coefficient (Wildman–Crippen LogP) is 6.13. The lowest BCUT2D eigenvalue weighted by Crippen LogP contribution is -2.53. The third kappa shape index (κ3) is 8.73. The Morgan fingerprint density at radius 2 is 1.53 bits per heavy atom. The van der Waals surface area contributed by atoms with Crippen LogP contribution < -0.4 is 14.4 Å². The number of amides is 2. The molecule has 4 aromatic rings. The Bertz CT molecular complexity index is 1680. The van der Waals surface area contributed by atoms with E-state index in [4.69, 9.17) is 4.74 Å². The van der Waals surface area contributed by atoms with E-state index >= 15 is 0 Å². The lowest BCUT2D eigenvalue weighted by Gasteiger charge is -2.34. The second kappa shape index (κ2) is 15.7. The number of anilines is 1. The third-order valence-corrected chi connectivity index (χ3v) is 9.60. The van der Waals surface area contributed by atoms with E-state index in [0.29, 0.717) is 12.3 Å². The zero-order valence-corrected chi connectivity index (χ0v) is 28.1. The number of carbonyl (C=O) groups is 2. The van der Waals surface area contributed by atoms with E-state index in [9.17, 15) is 18.0 Å². The van der Waals surface area contributed by atoms with Crippen LogP contribution in [-0.2, 0) is 32.6 Å². The van der Waals surface area contributed by atoms with Gasteiger partial charge in [-0.15, -0.1) is 0 Å². The highest BCUT2D eigenvalue weighted by Crippen LogP contribution is 2.34. The van der Waals surface area contributed by atoms with Gasteiger partial charge in [-0.1, -0.05) is 89.6 Å². The number of hydrogen-bond acceptors (Lipinski definition) is 5. The third-order valence-electron chi connectivity index (χ3n) is 7.30. The molecule has 236 valence electrons. The summed E-state index contributed by atoms with van der Waals surface area (Å²) >= 11 is 3.46. The maximum absolute atomic E-state index is 14.6. The number of nitrogens with zero attached hydrogens (tertiary/aromatic N) is 2. The Morgan fingerprint density at radius 1 is 0.889 bits per heavy atom. The molecule has 0 bridgehead atoms. The Kier molecular flexibility index (Phi) is 11.8. The van der Waals surface area contributed by atoms with E-state index in [1.165, 1.54) is 24.1 Å². The average Bonchev–Trinajstić information content (AvgIpc) is 3.05. The number of aryl methyl sites for hydroxylation is 1. The predicted molar refractivity (Wildman–Crippen MR) is 181 cm³/mol. The zero-order chi connectivity index (χ0) is 32.4. The van der Waals surface area contributed by atoms with E-state index in [1.54, 1.807) is 30.3 Å². The molecule has 0 saturated heterocycles. The summed E-state index contributed by atoms with van der Waals surface area (Å²) in [5.41, 5.74) is 2.68. The minimum absolute atomic E-state index is 0.0299. The molecule has 45 heavy (non-hydrogen) atoms. The SMILES string of the molecule is CCCNC(=O)[C@@H](Cc1ccccc1)N(Cc1ccc(Br)cc1)C(=O)CN(c1cc(C)ccc1OC)S(=O)(=O)c1ccccc1. The molecule has 0 aliphatic heterocycles. The van der Waals surface area contributed by atoms with E-state index in [1.807, 2.05) is 74.5 Å². The number of carbonyl (C=O) groups excluding carboxylic acids is 2. The highest BCUT2D eigenvalue weighted by molar-refractivity contribution is 9.10. The van der Waals surface area contributed by atoms with E-state index in [2.05, 4.69) is 21.2 Å². The van der Waals surface area contributed by atoms with Gasteiger partial charge < -0.3 is 15.0 Å². The Balaban J connectivity index is 1.83. The molecule has 4 rings (SSSR count). The molecule has 2 amide bonds. The van der Waals surface area contributed by atoms with Crippen molar-refractivity contribution >= 4 is 43.5 Å². The van der Waals surface area contributed by atoms with Gasteiger partial charge in [-0.25, -0.2) is 8.42 Å². The molecule has 0 radical (unpaired) electrons. The molecule has 4 aromatic carbocycles. The van der Waals surface area contributed by atoms with Gasteiger partial charge in [-0.2, -0.15) is 0 Å². The van der Waals surface area contributed by atoms with Gasteiger partial charge >= 0.3 is 0 Å². The van der Waals surface area contributed by atoms with Crippen molar-refractivity contribution in [3.8, 4) is 5.75 Å². The molecule has 0 aliphatic rings. The average molecular weight is 693 g/mol. The quantitative estimate of drug-likeness (QED) is 0.172. The van der Waals surface area contributed by atoms with Crippen molar-refractivity contribution in [3.63, 3.8) is 0 Å². The van der Waals surface area contributed by atoms with Gasteiger partial charge in [0.05, 0.1) is 17.7 Å². The molecule has 0 saturated carbocycles. The summed E-state index contributed by atoms with van der Waals surface area (Å²) in [4.78, 5) is 29.8. The molecule has 0 aliphatic carbocycles. The summed E-state index contributed by atoms with van der Waals surface area (Å²) in [6.45, 7) is 3.78. The van der Waals surface area contributed by atoms with Crippen LogP contribution in [0.4, 0.5) is 5.69 Å². The van der Waals surface area contributed by atoms with E-state index in [-0.39, 0.29) is 29.5 Å². The maximum atomic E-state index is 14.6. The van der Waals surface area contributed by atoms with Crippen molar-refractivity contribution in [2.75, 3.05) is 24.5 Å². The number of hydrogen-bond donors (Lipinski definition) is 1. The van der Waals surface area contributed by atoms with Gasteiger partial charge in [0, 0.05) is 24.0 Å². The molecule has 8 nitrogen and oxygen atoms in total. The van der Waals surface area contributed by atoms with Crippen molar-refractivity contribution in [1.29, 1.82) is 0 Å². The van der Waals surface area contributed by atoms with Crippen LogP contribution in [0.3, 0.4) is 0 Å². The van der Waals surface area contributed by atoms with Crippen molar-refractivity contribution < 1.29 is 22.7 Å². The molecule has 0 aromatic heterocycles. The van der Waals surface area contributed by atoms with Crippen LogP contribution in [0.25, 0.3) is 0 Å². The minimum Gasteiger partial charge on any atom is -0.495 e. The summed E-state index contributed by atoms with van der Waals surface area (Å²) in [5.74, 6) is -0.542. The Hall–Kier alpha value is -4.15. The van der Waals surface area contributed by atoms with E-state index < -0.39 is 28.5 Å². The van der Waals surface area contributed by atoms with Crippen molar-refractivity contribution in [2.24, 2.45) is 0 Å². The summed E-state index contributed by atoms with van der Waals surface area (Å²) in [6.07, 6.45) is 0.971. The van der Waals surface area contributed by atoms with Gasteiger partial charge in [0.2, 0.25) is 11.8 Å². The lowest BCUT2D eigenvalue weighted by atomic mass is 10.0. The van der Waals surface area contributed by atoms with Gasteiger partial charge in [-0.05, 0) is 66.4 Å². The highest BCUT2D eigenvalue weighted by Gasteiger charge is 2.35. The fourth-order valence-electron chi connectivity index (χ4n) is 4.93. The second-order valence-corrected chi connectivity index (χ2v) is 13.4. The number of methoxy groups -OCH3 is 1. The maximum Gasteiger partial charge on any atom is 0.264 e. The molecule has 1 N–H and O–H groups in total. The molecule has 10 heteroatoms. The van der Waals surface area contributed by atoms with Crippen LogP contribution in [0.2, 0.25) is 0 Å². The molecule has 0 heterocycles. The first-order valence-corrected chi connectivity index (χ1v) is 16.9. The van der Waals surface area contributed by atoms with Crippen LogP contribution in [0, 0.1) is 6.92 Å². The molecular weight excluding hydrogens is 654 g/mol. The minimum atomic E-state index is -4.23. The monoisotopic (exact) mass is 691 g/mol. The standard InChI is InChI=1S/C35H38BrN3O5S/c1-4-21-37-35(41)32(23-27-11-7-5-8-12-27)38(24-28-16-18-29(36)19-17-28)34(40)25-39(31-22-26(2)15-20-33(31)44-3)45(42,43)30-13-9-6-10-14-30/h5-20,22,32H,4,21,23-25H2,1-3H3,(H,37,41)/t32-/m1/s1. The molecule has 0 fully saturated rings. The summed E-state index contributed by atoms with van der Waals surface area (Å²) in [7, 11) is -2.78. The largest absolute Gasteiger partial charge is 0.495 e. The second-order valence-electron chi connectivity index (χ2n) is 10.6. The molecule has 1 atom stereocenters. The van der Waals surface area contributed by atoms with Gasteiger partial charge in [0.25, 0.3) is 10.0 Å². The van der Waals surface area contributed by atoms with E-state index in [0.717, 1.165) is 31.9 Å². The number of benzene rings is 4. The Labute approximate surface area is 274 Å². The Morgan fingerprint density at radius 3 is 2.16 bits per heavy atom. The lowest BCUT2D eigenvalue weighted by molar-refractivity contribution is -0.140. The van der Waals surface area contributed by atoms with Gasteiger partial charge in [-0.3, -0.25) is 13.9 Å². The molecule has 0 spiro atoms. The topological polar surface area (TPSA) is 96.0 Å². The highest BCUT2D eigenvalue weighted by atomic mass is 79.9. The van der Waals surface area contributed by atoms with Gasteiger partial charge in [0.15, 0.2) is 0 Å². The number of halogens is 1. The fraction of sp³-hybridized carbons (Fsp3) is 0.257. The van der Waals surface area contributed by atoms with Crippen molar-refractivity contribution in [1.82, 2.24) is 10.2 Å². The first-order chi connectivity index (χ1) is 21.6. The first-order valence-electron chi connectivity index (χ1n) is 14.7. The summed E-state index contributed by atoms with van der Waals surface area (Å²) in [6, 6.07) is 29.2. The summed E-state index contributed by atoms with van der Waals surface area (Å²) < 4.78 is 36.0. The van der Waals surface area contributed by atoms with Crippen LogP contribution in [0.15, 0.2) is 112 Å². The van der Waals surface area contributed by atoms with Crippen molar-refractivity contribution in [3.05, 3.63) is 124 Å². The van der Waals surface area contributed by atoms with Crippen LogP contribution >= 0.6 is 15.9 Å². The van der Waals surface area contributed by atoms with Crippen LogP contribution in [-0.4, -0.2) is 51.4 Å². The van der Waals surface area contributed by atoms with Crippen LogP contribution in [0.1, 0.15) is 30.0 Å². The number of nitrogens with one attached hydrogen (secondary N) is 1. The summed E-state index contributed by atoms with van der Waals surface area (Å²) in [5, 5.41) is 2.96. The first kappa shape index (κ1) is 33.7. The fourth-order valence-corrected chi connectivity index (χ4v) is 6.64. The van der Waals surface area contributed by atoms with Gasteiger partial charge in [0.1, 0.15) is 18.3 Å². The normalized spacial score (nSPS) is 11.8.